The maximum absolute atomic E-state index is 4.21. The van der Waals surface area contributed by atoms with E-state index in [1.165, 1.54) is 5.56 Å². The molecule has 0 atom stereocenters. The van der Waals surface area contributed by atoms with Gasteiger partial charge in [-0.15, -0.1) is 0 Å². The summed E-state index contributed by atoms with van der Waals surface area (Å²) in [5.74, 6) is 0.880. The van der Waals surface area contributed by atoms with Gasteiger partial charge in [0.1, 0.15) is 0 Å². The van der Waals surface area contributed by atoms with Gasteiger partial charge in [0.05, 0.1) is 0 Å². The van der Waals surface area contributed by atoms with Gasteiger partial charge in [0.2, 0.25) is 0 Å². The Hall–Kier alpha value is -1.67. The lowest BCUT2D eigenvalue weighted by atomic mass is 10.1. The molecule has 2 heteroatoms. The third kappa shape index (κ3) is 3.67. The number of hydrogen-bond acceptors (Lipinski definition) is 2. The summed E-state index contributed by atoms with van der Waals surface area (Å²) in [6.07, 6.45) is 5.28. The number of para-hydroxylation sites is 2. The number of thiol groups is 1. The Labute approximate surface area is 114 Å². The molecule has 0 saturated carbocycles. The van der Waals surface area contributed by atoms with Crippen LogP contribution < -0.4 is 5.32 Å². The van der Waals surface area contributed by atoms with Crippen LogP contribution >= 0.6 is 12.6 Å². The zero-order chi connectivity index (χ0) is 12.6. The van der Waals surface area contributed by atoms with E-state index in [4.69, 9.17) is 0 Å². The van der Waals surface area contributed by atoms with Crippen LogP contribution in [0, 0.1) is 0 Å². The minimum absolute atomic E-state index is 0.880. The summed E-state index contributed by atoms with van der Waals surface area (Å²) in [4.78, 5) is 0. The normalized spacial score (nSPS) is 10.7. The van der Waals surface area contributed by atoms with Crippen LogP contribution in [-0.2, 0) is 0 Å². The molecule has 0 unspecified atom stereocenters. The molecule has 0 radical (unpaired) electrons. The molecule has 0 aliphatic rings. The van der Waals surface area contributed by atoms with Gasteiger partial charge in [-0.3, -0.25) is 0 Å². The fourth-order valence-electron chi connectivity index (χ4n) is 1.72. The number of nitrogens with one attached hydrogen (secondary N) is 1. The molecule has 2 rings (SSSR count). The van der Waals surface area contributed by atoms with Gasteiger partial charge in [-0.1, -0.05) is 48.6 Å². The second kappa shape index (κ2) is 6.92. The predicted octanol–water partition coefficient (Wildman–Crippen LogP) is 4.76. The molecule has 0 heterocycles. The van der Waals surface area contributed by atoms with Crippen LogP contribution in [0.5, 0.6) is 0 Å². The first-order chi connectivity index (χ1) is 8.90. The van der Waals surface area contributed by atoms with Crippen molar-refractivity contribution in [2.75, 3.05) is 11.1 Å². The lowest BCUT2D eigenvalue weighted by Crippen LogP contribution is -1.92. The smallest absolute Gasteiger partial charge is 0.0457 e. The maximum Gasteiger partial charge on any atom is 0.0457 e. The third-order valence-corrected chi connectivity index (χ3v) is 2.86. The standard InChI is InChI=1S/C16H17NS/c18-13-7-6-9-14-8-4-5-12-16(14)17-15-10-2-1-3-11-15/h1-6,8-12,17-18H,7,13H2. The van der Waals surface area contributed by atoms with Gasteiger partial charge >= 0.3 is 0 Å². The topological polar surface area (TPSA) is 12.0 Å². The second-order valence-electron chi connectivity index (χ2n) is 3.99. The summed E-state index contributed by atoms with van der Waals surface area (Å²) in [5.41, 5.74) is 3.43. The highest BCUT2D eigenvalue weighted by atomic mass is 32.1. The highest BCUT2D eigenvalue weighted by Gasteiger charge is 1.98. The van der Waals surface area contributed by atoms with E-state index in [2.05, 4.69) is 60.4 Å². The van der Waals surface area contributed by atoms with Crippen molar-refractivity contribution in [1.82, 2.24) is 0 Å². The summed E-state index contributed by atoms with van der Waals surface area (Å²) < 4.78 is 0. The summed E-state index contributed by atoms with van der Waals surface area (Å²) in [5, 5.41) is 3.43. The van der Waals surface area contributed by atoms with E-state index in [0.717, 1.165) is 23.5 Å². The number of rotatable bonds is 5. The van der Waals surface area contributed by atoms with E-state index in [-0.39, 0.29) is 0 Å². The summed E-state index contributed by atoms with van der Waals surface area (Å²) in [7, 11) is 0. The van der Waals surface area contributed by atoms with Gasteiger partial charge in [0.25, 0.3) is 0 Å². The molecular weight excluding hydrogens is 238 g/mol. The zero-order valence-corrected chi connectivity index (χ0v) is 11.1. The first-order valence-corrected chi connectivity index (χ1v) is 6.72. The van der Waals surface area contributed by atoms with Crippen LogP contribution in [0.3, 0.4) is 0 Å². The van der Waals surface area contributed by atoms with Crippen LogP contribution in [0.4, 0.5) is 11.4 Å². The van der Waals surface area contributed by atoms with Crippen LogP contribution in [-0.4, -0.2) is 5.75 Å². The summed E-state index contributed by atoms with van der Waals surface area (Å²) >= 11 is 4.21. The van der Waals surface area contributed by atoms with Crippen molar-refractivity contribution in [2.24, 2.45) is 0 Å². The predicted molar refractivity (Wildman–Crippen MR) is 83.7 cm³/mol. The Morgan fingerprint density at radius 3 is 2.44 bits per heavy atom. The molecule has 2 aromatic rings. The van der Waals surface area contributed by atoms with Crippen molar-refractivity contribution in [3.05, 3.63) is 66.2 Å². The quantitative estimate of drug-likeness (QED) is 0.734. The minimum Gasteiger partial charge on any atom is -0.355 e. The molecule has 2 aromatic carbocycles. The largest absolute Gasteiger partial charge is 0.355 e. The maximum atomic E-state index is 4.21. The fourth-order valence-corrected chi connectivity index (χ4v) is 1.87. The Balaban J connectivity index is 2.17. The van der Waals surface area contributed by atoms with Crippen LogP contribution in [0.1, 0.15) is 12.0 Å². The molecule has 0 fully saturated rings. The van der Waals surface area contributed by atoms with Gasteiger partial charge in [0, 0.05) is 11.4 Å². The number of allylic oxidation sites excluding steroid dienone is 1. The van der Waals surface area contributed by atoms with Crippen molar-refractivity contribution in [3.63, 3.8) is 0 Å². The van der Waals surface area contributed by atoms with Crippen molar-refractivity contribution in [2.45, 2.75) is 6.42 Å². The first-order valence-electron chi connectivity index (χ1n) is 6.08. The average Bonchev–Trinajstić information content (AvgIpc) is 2.42. The SMILES string of the molecule is SCCC=Cc1ccccc1Nc1ccccc1. The lowest BCUT2D eigenvalue weighted by molar-refractivity contribution is 1.26. The molecule has 0 aliphatic carbocycles. The third-order valence-electron chi connectivity index (χ3n) is 2.61. The zero-order valence-electron chi connectivity index (χ0n) is 10.2. The van der Waals surface area contributed by atoms with Crippen molar-refractivity contribution in [1.29, 1.82) is 0 Å². The molecule has 1 N–H and O–H groups in total. The number of anilines is 2. The fraction of sp³-hybridized carbons (Fsp3) is 0.125. The molecule has 92 valence electrons. The van der Waals surface area contributed by atoms with Crippen molar-refractivity contribution in [3.8, 4) is 0 Å². The number of benzene rings is 2. The molecule has 0 saturated heterocycles. The second-order valence-corrected chi connectivity index (χ2v) is 4.44. The monoisotopic (exact) mass is 255 g/mol. The Bertz CT molecular complexity index is 506. The number of hydrogen-bond donors (Lipinski definition) is 2. The van der Waals surface area contributed by atoms with Gasteiger partial charge in [0.15, 0.2) is 0 Å². The highest BCUT2D eigenvalue weighted by Crippen LogP contribution is 2.21. The highest BCUT2D eigenvalue weighted by molar-refractivity contribution is 7.80. The molecule has 18 heavy (non-hydrogen) atoms. The molecule has 0 spiro atoms. The Kier molecular flexibility index (Phi) is 4.91. The summed E-state index contributed by atoms with van der Waals surface area (Å²) in [6, 6.07) is 18.5. The van der Waals surface area contributed by atoms with Crippen LogP contribution in [0.2, 0.25) is 0 Å². The summed E-state index contributed by atoms with van der Waals surface area (Å²) in [6.45, 7) is 0. The molecular formula is C16H17NS. The van der Waals surface area contributed by atoms with Gasteiger partial charge in [-0.05, 0) is 35.9 Å². The van der Waals surface area contributed by atoms with E-state index < -0.39 is 0 Å². The molecule has 1 nitrogen and oxygen atoms in total. The average molecular weight is 255 g/mol. The van der Waals surface area contributed by atoms with E-state index in [1.807, 2.05) is 24.3 Å². The lowest BCUT2D eigenvalue weighted by Gasteiger charge is -2.09. The van der Waals surface area contributed by atoms with Gasteiger partial charge < -0.3 is 5.32 Å². The molecule has 0 aliphatic heterocycles. The van der Waals surface area contributed by atoms with E-state index in [0.29, 0.717) is 0 Å². The van der Waals surface area contributed by atoms with E-state index in [9.17, 15) is 0 Å². The molecule has 0 amide bonds. The van der Waals surface area contributed by atoms with E-state index >= 15 is 0 Å². The molecule has 0 aromatic heterocycles. The van der Waals surface area contributed by atoms with Crippen LogP contribution in [0.25, 0.3) is 6.08 Å². The van der Waals surface area contributed by atoms with E-state index in [1.54, 1.807) is 0 Å². The Morgan fingerprint density at radius 2 is 1.67 bits per heavy atom. The van der Waals surface area contributed by atoms with Crippen LogP contribution in [0.15, 0.2) is 60.7 Å². The van der Waals surface area contributed by atoms with Gasteiger partial charge in [-0.2, -0.15) is 12.6 Å². The van der Waals surface area contributed by atoms with Crippen molar-refractivity contribution >= 4 is 30.1 Å². The Morgan fingerprint density at radius 1 is 0.944 bits per heavy atom. The minimum atomic E-state index is 0.880. The molecule has 0 bridgehead atoms. The van der Waals surface area contributed by atoms with Gasteiger partial charge in [-0.25, -0.2) is 0 Å². The first kappa shape index (κ1) is 12.8. The van der Waals surface area contributed by atoms with Crippen molar-refractivity contribution < 1.29 is 0 Å².